The number of rotatable bonds is 4. The summed E-state index contributed by atoms with van der Waals surface area (Å²) in [6.07, 6.45) is 1.34. The van der Waals surface area contributed by atoms with E-state index in [1.807, 2.05) is 26.0 Å². The number of benzene rings is 1. The molecule has 0 amide bonds. The van der Waals surface area contributed by atoms with Crippen molar-refractivity contribution in [3.63, 3.8) is 0 Å². The van der Waals surface area contributed by atoms with Gasteiger partial charge in [-0.15, -0.1) is 11.3 Å². The Labute approximate surface area is 151 Å². The largest absolute Gasteiger partial charge is 0.467 e. The first-order valence-corrected chi connectivity index (χ1v) is 10.4. The second-order valence-electron chi connectivity index (χ2n) is 5.61. The summed E-state index contributed by atoms with van der Waals surface area (Å²) in [6, 6.07) is 7.00. The Balaban J connectivity index is 2.00. The van der Waals surface area contributed by atoms with Crippen LogP contribution < -0.4 is 10.0 Å². The molecule has 0 saturated heterocycles. The van der Waals surface area contributed by atoms with Crippen LogP contribution in [-0.4, -0.2) is 19.7 Å². The van der Waals surface area contributed by atoms with Crippen molar-refractivity contribution in [2.75, 3.05) is 10.0 Å². The van der Waals surface area contributed by atoms with E-state index in [9.17, 15) is 8.42 Å². The maximum atomic E-state index is 12.5. The molecule has 0 aliphatic carbocycles. The quantitative estimate of drug-likeness (QED) is 0.788. The Kier molecular flexibility index (Phi) is 4.80. The summed E-state index contributed by atoms with van der Waals surface area (Å²) in [7, 11) is -3.56. The van der Waals surface area contributed by atoms with Gasteiger partial charge in [-0.05, 0) is 60.3 Å². The topological polar surface area (TPSA) is 67.4 Å². The highest BCUT2D eigenvalue weighted by molar-refractivity contribution is 7.94. The number of sulfonamides is 1. The van der Waals surface area contributed by atoms with Crippen LogP contribution in [-0.2, 0) is 27.6 Å². The monoisotopic (exact) mass is 382 g/mol. The Morgan fingerprint density at radius 1 is 1.46 bits per heavy atom. The second-order valence-corrected chi connectivity index (χ2v) is 8.83. The fraction of sp³-hybridized carbons (Fsp3) is 0.312. The van der Waals surface area contributed by atoms with Crippen molar-refractivity contribution in [2.24, 2.45) is 0 Å². The minimum Gasteiger partial charge on any atom is -0.467 e. The molecule has 0 spiro atoms. The number of aryl methyl sites for hydroxylation is 1. The molecule has 1 aliphatic rings. The number of thiocarbonyl (C=S) groups is 1. The van der Waals surface area contributed by atoms with Gasteiger partial charge in [-0.3, -0.25) is 4.72 Å². The van der Waals surface area contributed by atoms with Crippen LogP contribution >= 0.6 is 23.6 Å². The SMILES string of the molecule is CCc1cc(NS(=O)(=O)c2cccs2)cc2c1NC(=S)OC(C)C2. The van der Waals surface area contributed by atoms with E-state index in [2.05, 4.69) is 10.0 Å². The smallest absolute Gasteiger partial charge is 0.271 e. The highest BCUT2D eigenvalue weighted by Crippen LogP contribution is 2.31. The average Bonchev–Trinajstić information content (AvgIpc) is 2.99. The Morgan fingerprint density at radius 2 is 2.25 bits per heavy atom. The molecule has 3 rings (SSSR count). The van der Waals surface area contributed by atoms with E-state index in [4.69, 9.17) is 17.0 Å². The van der Waals surface area contributed by atoms with Gasteiger partial charge in [0.05, 0.1) is 0 Å². The predicted molar refractivity (Wildman–Crippen MR) is 101 cm³/mol. The first kappa shape index (κ1) is 17.2. The Morgan fingerprint density at radius 3 is 2.92 bits per heavy atom. The van der Waals surface area contributed by atoms with Gasteiger partial charge < -0.3 is 10.1 Å². The van der Waals surface area contributed by atoms with Crippen LogP contribution in [0.25, 0.3) is 0 Å². The van der Waals surface area contributed by atoms with Crippen LogP contribution in [0.3, 0.4) is 0 Å². The van der Waals surface area contributed by atoms with E-state index in [1.54, 1.807) is 17.5 Å². The lowest BCUT2D eigenvalue weighted by Crippen LogP contribution is -2.17. The van der Waals surface area contributed by atoms with E-state index in [1.165, 1.54) is 11.3 Å². The Bertz CT molecular complexity index is 861. The zero-order valence-corrected chi connectivity index (χ0v) is 15.8. The van der Waals surface area contributed by atoms with Crippen LogP contribution in [0.15, 0.2) is 33.9 Å². The van der Waals surface area contributed by atoms with Crippen molar-refractivity contribution in [1.82, 2.24) is 0 Å². The normalized spacial score (nSPS) is 17.4. The molecule has 1 atom stereocenters. The molecule has 128 valence electrons. The van der Waals surface area contributed by atoms with Crippen LogP contribution in [0.4, 0.5) is 11.4 Å². The summed E-state index contributed by atoms with van der Waals surface area (Å²) in [5.74, 6) is 0. The molecule has 1 aromatic heterocycles. The fourth-order valence-electron chi connectivity index (χ4n) is 2.71. The third-order valence-electron chi connectivity index (χ3n) is 3.74. The van der Waals surface area contributed by atoms with E-state index in [0.717, 1.165) is 23.2 Å². The van der Waals surface area contributed by atoms with Gasteiger partial charge in [0.25, 0.3) is 15.2 Å². The summed E-state index contributed by atoms with van der Waals surface area (Å²) >= 11 is 6.38. The van der Waals surface area contributed by atoms with Crippen molar-refractivity contribution in [2.45, 2.75) is 37.0 Å². The molecule has 5 nitrogen and oxygen atoms in total. The molecule has 0 radical (unpaired) electrons. The summed E-state index contributed by atoms with van der Waals surface area (Å²) in [5, 5.41) is 5.22. The number of thiophene rings is 1. The molecule has 1 aromatic carbocycles. The number of fused-ring (bicyclic) bond motifs is 1. The van der Waals surface area contributed by atoms with Gasteiger partial charge >= 0.3 is 0 Å². The zero-order chi connectivity index (χ0) is 17.3. The first-order valence-electron chi connectivity index (χ1n) is 7.59. The third kappa shape index (κ3) is 3.55. The fourth-order valence-corrected chi connectivity index (χ4v) is 5.01. The molecule has 2 aromatic rings. The van der Waals surface area contributed by atoms with Gasteiger partial charge in [0.1, 0.15) is 10.3 Å². The van der Waals surface area contributed by atoms with Gasteiger partial charge in [-0.25, -0.2) is 8.42 Å². The maximum absolute atomic E-state index is 12.5. The lowest BCUT2D eigenvalue weighted by atomic mass is 10.00. The van der Waals surface area contributed by atoms with Crippen LogP contribution in [0.2, 0.25) is 0 Å². The van der Waals surface area contributed by atoms with E-state index >= 15 is 0 Å². The second kappa shape index (κ2) is 6.70. The van der Waals surface area contributed by atoms with E-state index in [0.29, 0.717) is 21.5 Å². The van der Waals surface area contributed by atoms with Gasteiger partial charge in [0.15, 0.2) is 0 Å². The minimum atomic E-state index is -3.56. The van der Waals surface area contributed by atoms with Gasteiger partial charge in [0, 0.05) is 17.8 Å². The highest BCUT2D eigenvalue weighted by atomic mass is 32.2. The highest BCUT2D eigenvalue weighted by Gasteiger charge is 2.22. The number of ether oxygens (including phenoxy) is 1. The van der Waals surface area contributed by atoms with Crippen LogP contribution in [0.1, 0.15) is 25.0 Å². The van der Waals surface area contributed by atoms with E-state index < -0.39 is 10.0 Å². The summed E-state index contributed by atoms with van der Waals surface area (Å²) in [5.41, 5.74) is 3.47. The van der Waals surface area contributed by atoms with Crippen molar-refractivity contribution >= 4 is 50.1 Å². The van der Waals surface area contributed by atoms with Gasteiger partial charge in [0.2, 0.25) is 0 Å². The molecule has 0 saturated carbocycles. The summed E-state index contributed by atoms with van der Waals surface area (Å²) in [6.45, 7) is 3.96. The number of hydrogen-bond acceptors (Lipinski definition) is 5. The molecular weight excluding hydrogens is 364 g/mol. The van der Waals surface area contributed by atoms with Gasteiger partial charge in [-0.2, -0.15) is 0 Å². The molecule has 1 unspecified atom stereocenters. The van der Waals surface area contributed by atoms with Crippen molar-refractivity contribution in [3.8, 4) is 0 Å². The number of anilines is 2. The van der Waals surface area contributed by atoms with Crippen molar-refractivity contribution < 1.29 is 13.2 Å². The summed E-state index contributed by atoms with van der Waals surface area (Å²) < 4.78 is 33.5. The third-order valence-corrected chi connectivity index (χ3v) is 6.71. The lowest BCUT2D eigenvalue weighted by Gasteiger charge is -2.15. The molecule has 8 heteroatoms. The molecular formula is C16H18N2O3S3. The number of hydrogen-bond donors (Lipinski definition) is 2. The molecule has 0 fully saturated rings. The molecule has 0 bridgehead atoms. The molecule has 1 aliphatic heterocycles. The van der Waals surface area contributed by atoms with Crippen molar-refractivity contribution in [1.29, 1.82) is 0 Å². The molecule has 24 heavy (non-hydrogen) atoms. The predicted octanol–water partition coefficient (Wildman–Crippen LogP) is 3.77. The lowest BCUT2D eigenvalue weighted by molar-refractivity contribution is 0.217. The molecule has 2 N–H and O–H groups in total. The first-order chi connectivity index (χ1) is 11.4. The van der Waals surface area contributed by atoms with Crippen LogP contribution in [0, 0.1) is 0 Å². The van der Waals surface area contributed by atoms with Crippen LogP contribution in [0.5, 0.6) is 0 Å². The minimum absolute atomic E-state index is 0.0693. The zero-order valence-electron chi connectivity index (χ0n) is 13.3. The summed E-state index contributed by atoms with van der Waals surface area (Å²) in [4.78, 5) is 0. The van der Waals surface area contributed by atoms with E-state index in [-0.39, 0.29) is 6.10 Å². The standard InChI is InChI=1S/C16H18N2O3S3/c1-3-11-8-13(18-24(19,20)14-5-4-6-23-14)9-12-7-10(2)21-16(22)17-15(11)12/h4-6,8-10,18H,3,7H2,1-2H3,(H,17,22). The number of nitrogens with one attached hydrogen (secondary N) is 2. The molecule has 2 heterocycles. The average molecular weight is 383 g/mol. The Hall–Kier alpha value is -1.64. The van der Waals surface area contributed by atoms with Gasteiger partial charge in [-0.1, -0.05) is 13.0 Å². The van der Waals surface area contributed by atoms with Crippen molar-refractivity contribution in [3.05, 3.63) is 40.8 Å². The maximum Gasteiger partial charge on any atom is 0.271 e.